The van der Waals surface area contributed by atoms with E-state index in [0.717, 1.165) is 32.7 Å². The zero-order chi connectivity index (χ0) is 18.2. The Morgan fingerprint density at radius 2 is 1.52 bits per heavy atom. The Labute approximate surface area is 165 Å². The molecule has 1 heterocycles. The topological polar surface area (TPSA) is 73.5 Å². The molecule has 0 bridgehead atoms. The average Bonchev–Trinajstić information content (AvgIpc) is 2.70. The first-order valence-corrected chi connectivity index (χ1v) is 8.90. The smallest absolute Gasteiger partial charge is 0.255 e. The van der Waals surface area contributed by atoms with Crippen LogP contribution in [0.4, 0.5) is 5.69 Å². The van der Waals surface area contributed by atoms with E-state index in [0.29, 0.717) is 23.4 Å². The predicted molar refractivity (Wildman–Crippen MR) is 110 cm³/mol. The van der Waals surface area contributed by atoms with Gasteiger partial charge in [0.2, 0.25) is 0 Å². The predicted octanol–water partition coefficient (Wildman–Crippen LogP) is 2.00. The number of amides is 2. The molecule has 1 saturated heterocycles. The summed E-state index contributed by atoms with van der Waals surface area (Å²) in [5, 5.41) is 9.08. The van der Waals surface area contributed by atoms with E-state index in [1.165, 1.54) is 0 Å². The Morgan fingerprint density at radius 1 is 0.889 bits per heavy atom. The van der Waals surface area contributed by atoms with E-state index in [4.69, 9.17) is 0 Å². The maximum atomic E-state index is 12.2. The zero-order valence-corrected chi connectivity index (χ0v) is 15.9. The second kappa shape index (κ2) is 10.7. The lowest BCUT2D eigenvalue weighted by Gasteiger charge is -2.27. The van der Waals surface area contributed by atoms with E-state index < -0.39 is 0 Å². The van der Waals surface area contributed by atoms with E-state index in [1.807, 2.05) is 18.2 Å². The molecule has 0 saturated carbocycles. The molecular weight excluding hydrogens is 364 g/mol. The van der Waals surface area contributed by atoms with Crippen LogP contribution in [0.3, 0.4) is 0 Å². The molecule has 1 aliphatic rings. The molecular formula is C20H25ClN4O2. The third-order valence-electron chi connectivity index (χ3n) is 4.36. The summed E-state index contributed by atoms with van der Waals surface area (Å²) in [5.41, 5.74) is 1.85. The molecule has 2 aromatic rings. The third kappa shape index (κ3) is 6.36. The standard InChI is InChI=1S/C20H24N4O2.ClH/c25-19(22-12-15-24-13-10-21-11-14-24)17-6-8-18(9-7-17)23-20(26)16-4-2-1-3-5-16;/h1-9,21H,10-15H2,(H,22,25)(H,23,26);1H. The third-order valence-corrected chi connectivity index (χ3v) is 4.36. The van der Waals surface area contributed by atoms with Crippen molar-refractivity contribution in [3.05, 3.63) is 65.7 Å². The average molecular weight is 389 g/mol. The van der Waals surface area contributed by atoms with Crippen LogP contribution in [0.15, 0.2) is 54.6 Å². The molecule has 27 heavy (non-hydrogen) atoms. The number of nitrogens with one attached hydrogen (secondary N) is 3. The fraction of sp³-hybridized carbons (Fsp3) is 0.300. The molecule has 144 valence electrons. The molecule has 2 amide bonds. The Morgan fingerprint density at radius 3 is 2.19 bits per heavy atom. The molecule has 0 unspecified atom stereocenters. The highest BCUT2D eigenvalue weighted by Gasteiger charge is 2.11. The molecule has 1 fully saturated rings. The zero-order valence-electron chi connectivity index (χ0n) is 15.1. The highest BCUT2D eigenvalue weighted by molar-refractivity contribution is 6.04. The normalized spacial score (nSPS) is 14.1. The lowest BCUT2D eigenvalue weighted by Crippen LogP contribution is -2.46. The first kappa shape index (κ1) is 20.9. The van der Waals surface area contributed by atoms with Gasteiger partial charge in [0.25, 0.3) is 11.8 Å². The lowest BCUT2D eigenvalue weighted by atomic mass is 10.1. The SMILES string of the molecule is Cl.O=C(NCCN1CCNCC1)c1ccc(NC(=O)c2ccccc2)cc1. The van der Waals surface area contributed by atoms with Crippen molar-refractivity contribution in [1.29, 1.82) is 0 Å². The van der Waals surface area contributed by atoms with E-state index in [2.05, 4.69) is 20.9 Å². The quantitative estimate of drug-likeness (QED) is 0.707. The first-order valence-electron chi connectivity index (χ1n) is 8.90. The van der Waals surface area contributed by atoms with Gasteiger partial charge >= 0.3 is 0 Å². The fourth-order valence-electron chi connectivity index (χ4n) is 2.86. The number of nitrogens with zero attached hydrogens (tertiary/aromatic N) is 1. The van der Waals surface area contributed by atoms with Crippen LogP contribution in [0, 0.1) is 0 Å². The molecule has 3 rings (SSSR count). The van der Waals surface area contributed by atoms with Crippen molar-refractivity contribution in [2.24, 2.45) is 0 Å². The summed E-state index contributed by atoms with van der Waals surface area (Å²) in [6.07, 6.45) is 0. The van der Waals surface area contributed by atoms with Gasteiger partial charge in [-0.1, -0.05) is 18.2 Å². The summed E-state index contributed by atoms with van der Waals surface area (Å²) < 4.78 is 0. The highest BCUT2D eigenvalue weighted by Crippen LogP contribution is 2.11. The summed E-state index contributed by atoms with van der Waals surface area (Å²) in [6.45, 7) is 5.54. The van der Waals surface area contributed by atoms with Gasteiger partial charge in [0.1, 0.15) is 0 Å². The second-order valence-electron chi connectivity index (χ2n) is 6.25. The van der Waals surface area contributed by atoms with Crippen molar-refractivity contribution in [1.82, 2.24) is 15.5 Å². The summed E-state index contributed by atoms with van der Waals surface area (Å²) in [6, 6.07) is 16.0. The molecule has 0 spiro atoms. The van der Waals surface area contributed by atoms with Crippen LogP contribution in [0.2, 0.25) is 0 Å². The Balaban J connectivity index is 0.00000261. The number of benzene rings is 2. The van der Waals surface area contributed by atoms with Gasteiger partial charge in [0.05, 0.1) is 0 Å². The lowest BCUT2D eigenvalue weighted by molar-refractivity contribution is 0.0946. The molecule has 3 N–H and O–H groups in total. The van der Waals surface area contributed by atoms with E-state index in [-0.39, 0.29) is 24.2 Å². The Kier molecular flexibility index (Phi) is 8.26. The number of halogens is 1. The largest absolute Gasteiger partial charge is 0.351 e. The molecule has 7 heteroatoms. The molecule has 0 radical (unpaired) electrons. The molecule has 0 aromatic heterocycles. The van der Waals surface area contributed by atoms with Gasteiger partial charge in [-0.3, -0.25) is 14.5 Å². The van der Waals surface area contributed by atoms with E-state index in [9.17, 15) is 9.59 Å². The monoisotopic (exact) mass is 388 g/mol. The van der Waals surface area contributed by atoms with Gasteiger partial charge in [-0.25, -0.2) is 0 Å². The molecule has 2 aromatic carbocycles. The maximum absolute atomic E-state index is 12.2. The highest BCUT2D eigenvalue weighted by atomic mass is 35.5. The van der Waals surface area contributed by atoms with Crippen molar-refractivity contribution in [3.8, 4) is 0 Å². The molecule has 6 nitrogen and oxygen atoms in total. The van der Waals surface area contributed by atoms with Crippen molar-refractivity contribution in [2.45, 2.75) is 0 Å². The van der Waals surface area contributed by atoms with Crippen molar-refractivity contribution in [2.75, 3.05) is 44.6 Å². The summed E-state index contributed by atoms with van der Waals surface area (Å²) in [4.78, 5) is 26.7. The number of hydrogen-bond acceptors (Lipinski definition) is 4. The number of hydrogen-bond donors (Lipinski definition) is 3. The number of carbonyl (C=O) groups is 2. The van der Waals surface area contributed by atoms with E-state index in [1.54, 1.807) is 36.4 Å². The van der Waals surface area contributed by atoms with Crippen LogP contribution >= 0.6 is 12.4 Å². The van der Waals surface area contributed by atoms with Crippen molar-refractivity contribution < 1.29 is 9.59 Å². The fourth-order valence-corrected chi connectivity index (χ4v) is 2.86. The minimum absolute atomic E-state index is 0. The van der Waals surface area contributed by atoms with Crippen LogP contribution < -0.4 is 16.0 Å². The number of anilines is 1. The Bertz CT molecular complexity index is 731. The molecule has 0 aliphatic carbocycles. The van der Waals surface area contributed by atoms with Crippen molar-refractivity contribution in [3.63, 3.8) is 0 Å². The van der Waals surface area contributed by atoms with Crippen LogP contribution in [0.5, 0.6) is 0 Å². The van der Waals surface area contributed by atoms with E-state index >= 15 is 0 Å². The van der Waals surface area contributed by atoms with Gasteiger partial charge in [-0.15, -0.1) is 12.4 Å². The van der Waals surface area contributed by atoms with Gasteiger partial charge in [0, 0.05) is 56.1 Å². The molecule has 0 atom stereocenters. The maximum Gasteiger partial charge on any atom is 0.255 e. The number of carbonyl (C=O) groups excluding carboxylic acids is 2. The van der Waals surface area contributed by atoms with Gasteiger partial charge in [-0.05, 0) is 36.4 Å². The molecule has 1 aliphatic heterocycles. The number of rotatable bonds is 6. The van der Waals surface area contributed by atoms with Crippen LogP contribution in [-0.2, 0) is 0 Å². The summed E-state index contributed by atoms with van der Waals surface area (Å²) in [7, 11) is 0. The number of piperazine rings is 1. The minimum atomic E-state index is -0.168. The van der Waals surface area contributed by atoms with Gasteiger partial charge < -0.3 is 16.0 Å². The Hall–Kier alpha value is -2.41. The van der Waals surface area contributed by atoms with Crippen LogP contribution in [0.1, 0.15) is 20.7 Å². The van der Waals surface area contributed by atoms with Gasteiger partial charge in [-0.2, -0.15) is 0 Å². The second-order valence-corrected chi connectivity index (χ2v) is 6.25. The van der Waals surface area contributed by atoms with Gasteiger partial charge in [0.15, 0.2) is 0 Å². The summed E-state index contributed by atoms with van der Waals surface area (Å²) >= 11 is 0. The van der Waals surface area contributed by atoms with Crippen LogP contribution in [-0.4, -0.2) is 56.0 Å². The minimum Gasteiger partial charge on any atom is -0.351 e. The first-order chi connectivity index (χ1) is 12.7. The van der Waals surface area contributed by atoms with Crippen molar-refractivity contribution >= 4 is 29.9 Å². The summed E-state index contributed by atoms with van der Waals surface area (Å²) in [5.74, 6) is -0.264. The van der Waals surface area contributed by atoms with Crippen LogP contribution in [0.25, 0.3) is 0 Å².